The van der Waals surface area contributed by atoms with Gasteiger partial charge in [-0.3, -0.25) is 9.59 Å². The first-order valence-electron chi connectivity index (χ1n) is 9.34. The van der Waals surface area contributed by atoms with Crippen LogP contribution in [0.1, 0.15) is 39.6 Å². The van der Waals surface area contributed by atoms with E-state index < -0.39 is 30.3 Å². The number of halogens is 3. The number of carbonyl (C=O) groups is 3. The lowest BCUT2D eigenvalue weighted by atomic mass is 10.1. The molecule has 2 rings (SSSR count). The van der Waals surface area contributed by atoms with Crippen molar-refractivity contribution in [3.8, 4) is 0 Å². The van der Waals surface area contributed by atoms with Crippen molar-refractivity contribution in [3.05, 3.63) is 59.3 Å². The van der Waals surface area contributed by atoms with Gasteiger partial charge in [-0.2, -0.15) is 13.2 Å². The number of alkyl halides is 3. The molecule has 0 saturated heterocycles. The van der Waals surface area contributed by atoms with Crippen molar-refractivity contribution in [2.24, 2.45) is 0 Å². The van der Waals surface area contributed by atoms with E-state index in [1.54, 1.807) is 24.3 Å². The summed E-state index contributed by atoms with van der Waals surface area (Å²) in [5.41, 5.74) is 1.20. The van der Waals surface area contributed by atoms with Gasteiger partial charge in [0, 0.05) is 25.2 Å². The van der Waals surface area contributed by atoms with Gasteiger partial charge < -0.3 is 10.1 Å². The summed E-state index contributed by atoms with van der Waals surface area (Å²) in [5.74, 6) is -2.64. The van der Waals surface area contributed by atoms with Gasteiger partial charge in [0.15, 0.2) is 12.4 Å². The highest BCUT2D eigenvalue weighted by Crippen LogP contribution is 2.28. The van der Waals surface area contributed by atoms with E-state index in [1.165, 1.54) is 25.3 Å². The predicted octanol–water partition coefficient (Wildman–Crippen LogP) is 3.84. The monoisotopic (exact) mass is 454 g/mol. The molecule has 1 aromatic carbocycles. The Morgan fingerprint density at radius 2 is 1.84 bits per heavy atom. The van der Waals surface area contributed by atoms with E-state index in [4.69, 9.17) is 4.74 Å². The number of carbonyl (C=O) groups excluding carboxylic acids is 3. The predicted molar refractivity (Wildman–Crippen MR) is 109 cm³/mol. The summed E-state index contributed by atoms with van der Waals surface area (Å²) in [5, 5.41) is 2.59. The summed E-state index contributed by atoms with van der Waals surface area (Å²) in [6.45, 7) is 1.46. The third-order valence-corrected chi connectivity index (χ3v) is 5.06. The first-order valence-corrected chi connectivity index (χ1v) is 10.3. The molecule has 2 aromatic rings. The van der Waals surface area contributed by atoms with Gasteiger partial charge >= 0.3 is 12.1 Å². The summed E-state index contributed by atoms with van der Waals surface area (Å²) in [7, 11) is 0. The number of rotatable bonds is 10. The highest BCUT2D eigenvalue weighted by molar-refractivity contribution is 7.99. The third kappa shape index (κ3) is 8.79. The van der Waals surface area contributed by atoms with E-state index in [0.717, 1.165) is 18.4 Å². The lowest BCUT2D eigenvalue weighted by Crippen LogP contribution is -2.21. The fourth-order valence-corrected chi connectivity index (χ4v) is 3.26. The minimum atomic E-state index is -4.41. The number of thioether (sulfide) groups is 1. The molecule has 1 N–H and O–H groups in total. The van der Waals surface area contributed by atoms with Gasteiger partial charge in [0.1, 0.15) is 5.03 Å². The molecule has 0 saturated carbocycles. The molecule has 0 aliphatic carbocycles. The van der Waals surface area contributed by atoms with Crippen LogP contribution in [0.15, 0.2) is 47.6 Å². The van der Waals surface area contributed by atoms with Crippen LogP contribution in [0.2, 0.25) is 0 Å². The Morgan fingerprint density at radius 1 is 1.13 bits per heavy atom. The molecule has 0 aliphatic rings. The molecule has 1 amide bonds. The van der Waals surface area contributed by atoms with Crippen LogP contribution in [-0.2, 0) is 16.0 Å². The zero-order valence-corrected chi connectivity index (χ0v) is 17.5. The Morgan fingerprint density at radius 3 is 2.48 bits per heavy atom. The van der Waals surface area contributed by atoms with E-state index in [9.17, 15) is 27.6 Å². The molecule has 0 fully saturated rings. The Hall–Kier alpha value is -2.88. The van der Waals surface area contributed by atoms with Gasteiger partial charge in [-0.15, -0.1) is 0 Å². The van der Waals surface area contributed by atoms with Crippen molar-refractivity contribution >= 4 is 29.4 Å². The molecular formula is C21H21F3N2O4S. The Kier molecular flexibility index (Phi) is 9.04. The molecule has 0 aliphatic heterocycles. The smallest absolute Gasteiger partial charge is 0.398 e. The summed E-state index contributed by atoms with van der Waals surface area (Å²) < 4.78 is 42.3. The molecule has 10 heteroatoms. The zero-order chi connectivity index (χ0) is 22.9. The van der Waals surface area contributed by atoms with Gasteiger partial charge in [0.2, 0.25) is 5.91 Å². The molecular weight excluding hydrogens is 433 g/mol. The Labute approximate surface area is 181 Å². The minimum absolute atomic E-state index is 0.0900. The molecule has 1 aromatic heterocycles. The van der Waals surface area contributed by atoms with Crippen molar-refractivity contribution in [2.45, 2.75) is 31.0 Å². The van der Waals surface area contributed by atoms with Crippen molar-refractivity contribution in [1.82, 2.24) is 10.3 Å². The van der Waals surface area contributed by atoms with Crippen LogP contribution in [0.5, 0.6) is 0 Å². The van der Waals surface area contributed by atoms with Crippen LogP contribution < -0.4 is 5.32 Å². The number of ether oxygens (including phenoxy) is 1. The summed E-state index contributed by atoms with van der Waals surface area (Å²) >= 11 is 0.379. The third-order valence-electron chi connectivity index (χ3n) is 3.99. The SMILES string of the molecule is CC(=O)NCCCc1ccc(C(=O)COC(=O)c2cccnc2SCC(F)(F)F)cc1. The fraction of sp³-hybridized carbons (Fsp3) is 0.333. The number of nitrogens with one attached hydrogen (secondary N) is 1. The quantitative estimate of drug-likeness (QED) is 0.254. The Bertz CT molecular complexity index is 918. The average molecular weight is 454 g/mol. The number of amides is 1. The van der Waals surface area contributed by atoms with E-state index in [1.807, 2.05) is 0 Å². The van der Waals surface area contributed by atoms with E-state index in [-0.39, 0.29) is 16.5 Å². The number of benzene rings is 1. The molecule has 0 spiro atoms. The minimum Gasteiger partial charge on any atom is -0.454 e. The summed E-state index contributed by atoms with van der Waals surface area (Å²) in [6.07, 6.45) is -1.65. The second-order valence-electron chi connectivity index (χ2n) is 6.54. The van der Waals surface area contributed by atoms with Crippen LogP contribution in [0.4, 0.5) is 13.2 Å². The molecule has 0 atom stereocenters. The number of aryl methyl sites for hydroxylation is 1. The molecule has 0 bridgehead atoms. The average Bonchev–Trinajstić information content (AvgIpc) is 2.73. The van der Waals surface area contributed by atoms with Crippen molar-refractivity contribution in [2.75, 3.05) is 18.9 Å². The molecule has 6 nitrogen and oxygen atoms in total. The summed E-state index contributed by atoms with van der Waals surface area (Å²) in [4.78, 5) is 39.1. The maximum absolute atomic E-state index is 12.4. The van der Waals surface area contributed by atoms with Crippen molar-refractivity contribution in [3.63, 3.8) is 0 Å². The number of aromatic nitrogens is 1. The number of hydrogen-bond donors (Lipinski definition) is 1. The summed E-state index contributed by atoms with van der Waals surface area (Å²) in [6, 6.07) is 9.47. The van der Waals surface area contributed by atoms with Crippen LogP contribution in [0.25, 0.3) is 0 Å². The van der Waals surface area contributed by atoms with Crippen LogP contribution >= 0.6 is 11.8 Å². The first-order chi connectivity index (χ1) is 14.7. The topological polar surface area (TPSA) is 85.4 Å². The maximum Gasteiger partial charge on any atom is 0.398 e. The number of pyridine rings is 1. The molecule has 31 heavy (non-hydrogen) atoms. The first kappa shape index (κ1) is 24.4. The molecule has 0 unspecified atom stereocenters. The van der Waals surface area contributed by atoms with Crippen molar-refractivity contribution in [1.29, 1.82) is 0 Å². The lowest BCUT2D eigenvalue weighted by Gasteiger charge is -2.10. The van der Waals surface area contributed by atoms with E-state index >= 15 is 0 Å². The highest BCUT2D eigenvalue weighted by atomic mass is 32.2. The lowest BCUT2D eigenvalue weighted by molar-refractivity contribution is -0.119. The standard InChI is InChI=1S/C21H21F3N2O4S/c1-14(27)25-10-2-4-15-6-8-16(9-7-15)18(28)12-30-20(29)17-5-3-11-26-19(17)31-13-21(22,23)24/h3,5-9,11H,2,4,10,12-13H2,1H3,(H,25,27). The molecule has 1 heterocycles. The van der Waals surface area contributed by atoms with E-state index in [0.29, 0.717) is 23.9 Å². The van der Waals surface area contributed by atoms with E-state index in [2.05, 4.69) is 10.3 Å². The number of esters is 1. The number of hydrogen-bond acceptors (Lipinski definition) is 6. The van der Waals surface area contributed by atoms with Gasteiger partial charge in [-0.25, -0.2) is 9.78 Å². The van der Waals surface area contributed by atoms with Gasteiger partial charge in [0.25, 0.3) is 0 Å². The maximum atomic E-state index is 12.4. The number of nitrogens with zero attached hydrogens (tertiary/aromatic N) is 1. The van der Waals surface area contributed by atoms with Gasteiger partial charge in [-0.1, -0.05) is 36.0 Å². The number of Topliss-reactive ketones (excluding diaryl/α,β-unsaturated/α-hetero) is 1. The number of ketones is 1. The molecule has 0 radical (unpaired) electrons. The largest absolute Gasteiger partial charge is 0.454 e. The van der Waals surface area contributed by atoms with Crippen molar-refractivity contribution < 1.29 is 32.3 Å². The van der Waals surface area contributed by atoms with Crippen LogP contribution in [0.3, 0.4) is 0 Å². The normalized spacial score (nSPS) is 11.1. The van der Waals surface area contributed by atoms with Crippen LogP contribution in [0, 0.1) is 0 Å². The Balaban J connectivity index is 1.88. The molecule has 166 valence electrons. The second-order valence-corrected chi connectivity index (χ2v) is 7.51. The van der Waals surface area contributed by atoms with Gasteiger partial charge in [0.05, 0.1) is 11.3 Å². The zero-order valence-electron chi connectivity index (χ0n) is 16.7. The van der Waals surface area contributed by atoms with Gasteiger partial charge in [-0.05, 0) is 30.5 Å². The fourth-order valence-electron chi connectivity index (χ4n) is 2.52. The highest BCUT2D eigenvalue weighted by Gasteiger charge is 2.29. The second kappa shape index (κ2) is 11.5. The van der Waals surface area contributed by atoms with Crippen LogP contribution in [-0.4, -0.2) is 47.7 Å².